The standard InChI is InChI=1S/C15H22FNO3/c1-5-8-17-10(2)13-7-6-12(9-14(13)16)20-11(3)15(18)19-4/h6-7,9-11,17H,5,8H2,1-4H3. The van der Waals surface area contributed by atoms with Crippen LogP contribution in [0.1, 0.15) is 38.8 Å². The Morgan fingerprint density at radius 2 is 2.10 bits per heavy atom. The zero-order valence-corrected chi connectivity index (χ0v) is 12.4. The monoisotopic (exact) mass is 283 g/mol. The molecule has 2 unspecified atom stereocenters. The molecular formula is C15H22FNO3. The minimum Gasteiger partial charge on any atom is -0.479 e. The molecule has 2 atom stereocenters. The van der Waals surface area contributed by atoms with E-state index in [1.807, 2.05) is 6.92 Å². The predicted molar refractivity (Wildman–Crippen MR) is 75.2 cm³/mol. The van der Waals surface area contributed by atoms with Crippen molar-refractivity contribution in [2.75, 3.05) is 13.7 Å². The van der Waals surface area contributed by atoms with Crippen LogP contribution in [0.4, 0.5) is 4.39 Å². The number of methoxy groups -OCH3 is 1. The van der Waals surface area contributed by atoms with Gasteiger partial charge in [-0.05, 0) is 32.9 Å². The average Bonchev–Trinajstić information content (AvgIpc) is 2.43. The molecule has 0 fully saturated rings. The number of hydrogen-bond acceptors (Lipinski definition) is 4. The van der Waals surface area contributed by atoms with Crippen LogP contribution < -0.4 is 10.1 Å². The van der Waals surface area contributed by atoms with Gasteiger partial charge in [0.15, 0.2) is 6.10 Å². The number of hydrogen-bond donors (Lipinski definition) is 1. The summed E-state index contributed by atoms with van der Waals surface area (Å²) in [5.41, 5.74) is 0.580. The summed E-state index contributed by atoms with van der Waals surface area (Å²) in [5.74, 6) is -0.532. The lowest BCUT2D eigenvalue weighted by Crippen LogP contribution is -2.25. The van der Waals surface area contributed by atoms with Gasteiger partial charge >= 0.3 is 5.97 Å². The van der Waals surface area contributed by atoms with Gasteiger partial charge in [-0.25, -0.2) is 9.18 Å². The van der Waals surface area contributed by atoms with Crippen molar-refractivity contribution in [3.63, 3.8) is 0 Å². The van der Waals surface area contributed by atoms with Crippen molar-refractivity contribution in [2.45, 2.75) is 39.3 Å². The zero-order valence-electron chi connectivity index (χ0n) is 12.4. The normalized spacial score (nSPS) is 13.7. The number of halogens is 1. The second kappa shape index (κ2) is 7.85. The molecule has 5 heteroatoms. The first-order chi connectivity index (χ1) is 9.49. The van der Waals surface area contributed by atoms with Crippen molar-refractivity contribution < 1.29 is 18.7 Å². The third kappa shape index (κ3) is 4.49. The summed E-state index contributed by atoms with van der Waals surface area (Å²) in [4.78, 5) is 11.2. The van der Waals surface area contributed by atoms with Gasteiger partial charge < -0.3 is 14.8 Å². The molecule has 1 rings (SSSR count). The van der Waals surface area contributed by atoms with Gasteiger partial charge in [-0.2, -0.15) is 0 Å². The third-order valence-corrected chi connectivity index (χ3v) is 2.98. The van der Waals surface area contributed by atoms with Crippen molar-refractivity contribution in [1.29, 1.82) is 0 Å². The highest BCUT2D eigenvalue weighted by Crippen LogP contribution is 2.22. The lowest BCUT2D eigenvalue weighted by Gasteiger charge is -2.16. The van der Waals surface area contributed by atoms with E-state index in [0.29, 0.717) is 11.3 Å². The van der Waals surface area contributed by atoms with Crippen LogP contribution in [0.15, 0.2) is 18.2 Å². The molecule has 0 spiro atoms. The van der Waals surface area contributed by atoms with Crippen molar-refractivity contribution in [1.82, 2.24) is 5.32 Å². The molecule has 0 bridgehead atoms. The summed E-state index contributed by atoms with van der Waals surface area (Å²) in [6.45, 7) is 6.36. The summed E-state index contributed by atoms with van der Waals surface area (Å²) in [6, 6.07) is 4.55. The first kappa shape index (κ1) is 16.4. The number of rotatable bonds is 7. The molecule has 20 heavy (non-hydrogen) atoms. The van der Waals surface area contributed by atoms with E-state index in [9.17, 15) is 9.18 Å². The fourth-order valence-corrected chi connectivity index (χ4v) is 1.82. The average molecular weight is 283 g/mol. The number of nitrogens with one attached hydrogen (secondary N) is 1. The molecule has 0 radical (unpaired) electrons. The summed E-state index contributed by atoms with van der Waals surface area (Å²) in [7, 11) is 1.28. The van der Waals surface area contributed by atoms with Gasteiger partial charge in [0.05, 0.1) is 7.11 Å². The molecule has 0 aromatic heterocycles. The molecule has 0 aliphatic rings. The van der Waals surface area contributed by atoms with Gasteiger partial charge in [0.25, 0.3) is 0 Å². The number of esters is 1. The van der Waals surface area contributed by atoms with Crippen molar-refractivity contribution >= 4 is 5.97 Å². The largest absolute Gasteiger partial charge is 0.479 e. The van der Waals surface area contributed by atoms with Gasteiger partial charge in [-0.1, -0.05) is 13.0 Å². The Bertz CT molecular complexity index is 451. The molecule has 1 N–H and O–H groups in total. The minimum absolute atomic E-state index is 0.0676. The Morgan fingerprint density at radius 3 is 2.65 bits per heavy atom. The highest BCUT2D eigenvalue weighted by Gasteiger charge is 2.16. The number of carbonyl (C=O) groups excluding carboxylic acids is 1. The fraction of sp³-hybridized carbons (Fsp3) is 0.533. The van der Waals surface area contributed by atoms with Crippen LogP contribution in [0, 0.1) is 5.82 Å². The quantitative estimate of drug-likeness (QED) is 0.782. The van der Waals surface area contributed by atoms with Gasteiger partial charge in [0.2, 0.25) is 0 Å². The van der Waals surface area contributed by atoms with E-state index in [2.05, 4.69) is 17.0 Å². The van der Waals surface area contributed by atoms with E-state index >= 15 is 0 Å². The van der Waals surface area contributed by atoms with E-state index in [1.165, 1.54) is 13.2 Å². The van der Waals surface area contributed by atoms with Crippen molar-refractivity contribution in [3.05, 3.63) is 29.6 Å². The van der Waals surface area contributed by atoms with E-state index in [0.717, 1.165) is 13.0 Å². The molecule has 0 aliphatic carbocycles. The first-order valence-corrected chi connectivity index (χ1v) is 6.76. The smallest absolute Gasteiger partial charge is 0.346 e. The molecule has 0 heterocycles. The van der Waals surface area contributed by atoms with E-state index < -0.39 is 12.1 Å². The fourth-order valence-electron chi connectivity index (χ4n) is 1.82. The van der Waals surface area contributed by atoms with Crippen LogP contribution in [0.2, 0.25) is 0 Å². The molecule has 0 aliphatic heterocycles. The van der Waals surface area contributed by atoms with Gasteiger partial charge in [0.1, 0.15) is 11.6 Å². The molecule has 1 aromatic carbocycles. The number of carbonyl (C=O) groups is 1. The molecule has 0 saturated carbocycles. The lowest BCUT2D eigenvalue weighted by molar-refractivity contribution is -0.147. The van der Waals surface area contributed by atoms with E-state index in [1.54, 1.807) is 19.1 Å². The molecular weight excluding hydrogens is 261 g/mol. The summed E-state index contributed by atoms with van der Waals surface area (Å²) >= 11 is 0. The second-order valence-corrected chi connectivity index (χ2v) is 4.64. The molecule has 112 valence electrons. The zero-order chi connectivity index (χ0) is 15.1. The van der Waals surface area contributed by atoms with Crippen LogP contribution in [-0.4, -0.2) is 25.7 Å². The van der Waals surface area contributed by atoms with Crippen LogP contribution >= 0.6 is 0 Å². The number of ether oxygens (including phenoxy) is 2. The SMILES string of the molecule is CCCNC(C)c1ccc(OC(C)C(=O)OC)cc1F. The summed E-state index contributed by atoms with van der Waals surface area (Å²) < 4.78 is 23.9. The molecule has 1 aromatic rings. The van der Waals surface area contributed by atoms with Gasteiger partial charge in [-0.3, -0.25) is 0 Å². The number of benzene rings is 1. The highest BCUT2D eigenvalue weighted by molar-refractivity contribution is 5.74. The predicted octanol–water partition coefficient (Wildman–Crippen LogP) is 2.83. The first-order valence-electron chi connectivity index (χ1n) is 6.76. The van der Waals surface area contributed by atoms with Crippen LogP contribution in [-0.2, 0) is 9.53 Å². The van der Waals surface area contributed by atoms with Crippen LogP contribution in [0.5, 0.6) is 5.75 Å². The molecule has 4 nitrogen and oxygen atoms in total. The Labute approximate surface area is 119 Å². The summed E-state index contributed by atoms with van der Waals surface area (Å²) in [6.07, 6.45) is 0.227. The molecule has 0 saturated heterocycles. The Balaban J connectivity index is 2.75. The topological polar surface area (TPSA) is 47.6 Å². The second-order valence-electron chi connectivity index (χ2n) is 4.64. The van der Waals surface area contributed by atoms with Crippen LogP contribution in [0.25, 0.3) is 0 Å². The van der Waals surface area contributed by atoms with Crippen molar-refractivity contribution in [3.8, 4) is 5.75 Å². The Hall–Kier alpha value is -1.62. The van der Waals surface area contributed by atoms with E-state index in [4.69, 9.17) is 4.74 Å². The lowest BCUT2D eigenvalue weighted by atomic mass is 10.1. The maximum Gasteiger partial charge on any atom is 0.346 e. The summed E-state index contributed by atoms with van der Waals surface area (Å²) in [5, 5.41) is 3.22. The maximum atomic E-state index is 14.0. The maximum absolute atomic E-state index is 14.0. The van der Waals surface area contributed by atoms with E-state index in [-0.39, 0.29) is 11.9 Å². The van der Waals surface area contributed by atoms with Gasteiger partial charge in [0, 0.05) is 17.7 Å². The Morgan fingerprint density at radius 1 is 1.40 bits per heavy atom. The Kier molecular flexibility index (Phi) is 6.45. The third-order valence-electron chi connectivity index (χ3n) is 2.98. The highest BCUT2D eigenvalue weighted by atomic mass is 19.1. The molecule has 0 amide bonds. The minimum atomic E-state index is -0.763. The van der Waals surface area contributed by atoms with Crippen LogP contribution in [0.3, 0.4) is 0 Å². The van der Waals surface area contributed by atoms with Gasteiger partial charge in [-0.15, -0.1) is 0 Å². The van der Waals surface area contributed by atoms with Crippen molar-refractivity contribution in [2.24, 2.45) is 0 Å².